The highest BCUT2D eigenvalue weighted by Gasteiger charge is 2.27. The van der Waals surface area contributed by atoms with Crippen LogP contribution >= 0.6 is 0 Å². The molecule has 3 nitrogen and oxygen atoms in total. The number of piperidine rings is 1. The third kappa shape index (κ3) is 3.67. The quantitative estimate of drug-likeness (QED) is 0.636. The number of likely N-dealkylation sites (tertiary alicyclic amines) is 1. The third-order valence-corrected chi connectivity index (χ3v) is 5.25. The Balaban J connectivity index is 1.57. The van der Waals surface area contributed by atoms with E-state index >= 15 is 0 Å². The fourth-order valence-corrected chi connectivity index (χ4v) is 3.87. The molecule has 3 aromatic rings. The van der Waals surface area contributed by atoms with Gasteiger partial charge in [-0.05, 0) is 43.7 Å². The zero-order chi connectivity index (χ0) is 19.7. The molecule has 1 atom stereocenters. The van der Waals surface area contributed by atoms with E-state index in [9.17, 15) is 17.6 Å². The van der Waals surface area contributed by atoms with E-state index in [-0.39, 0.29) is 23.6 Å². The molecule has 1 N–H and O–H groups in total. The number of aromatic amines is 1. The molecule has 1 fully saturated rings. The summed E-state index contributed by atoms with van der Waals surface area (Å²) in [7, 11) is 0. The summed E-state index contributed by atoms with van der Waals surface area (Å²) in [6.45, 7) is 1.45. The predicted octanol–water partition coefficient (Wildman–Crippen LogP) is 5.01. The van der Waals surface area contributed by atoms with Crippen LogP contribution in [-0.2, 0) is 6.54 Å². The van der Waals surface area contributed by atoms with Crippen LogP contribution in [0.4, 0.5) is 17.6 Å². The van der Waals surface area contributed by atoms with Gasteiger partial charge in [-0.2, -0.15) is 5.10 Å². The molecule has 1 saturated heterocycles. The van der Waals surface area contributed by atoms with Gasteiger partial charge in [0.2, 0.25) is 0 Å². The van der Waals surface area contributed by atoms with E-state index in [0.29, 0.717) is 12.1 Å². The van der Waals surface area contributed by atoms with Gasteiger partial charge in [0.1, 0.15) is 23.3 Å². The molecule has 0 aliphatic carbocycles. The average Bonchev–Trinajstić information content (AvgIpc) is 3.15. The Morgan fingerprint density at radius 3 is 2.54 bits per heavy atom. The molecule has 0 radical (unpaired) electrons. The topological polar surface area (TPSA) is 31.9 Å². The number of nitrogens with one attached hydrogen (secondary N) is 1. The summed E-state index contributed by atoms with van der Waals surface area (Å²) < 4.78 is 55.4. The summed E-state index contributed by atoms with van der Waals surface area (Å²) in [5.41, 5.74) is 1.67. The number of H-pyrrole nitrogens is 1. The fourth-order valence-electron chi connectivity index (χ4n) is 3.87. The van der Waals surface area contributed by atoms with Crippen LogP contribution in [0.25, 0.3) is 11.1 Å². The number of nitrogens with zero attached hydrogens (tertiary/aromatic N) is 2. The van der Waals surface area contributed by atoms with Gasteiger partial charge >= 0.3 is 0 Å². The molecule has 1 aliphatic heterocycles. The highest BCUT2D eigenvalue weighted by atomic mass is 19.1. The zero-order valence-electron chi connectivity index (χ0n) is 15.1. The lowest BCUT2D eigenvalue weighted by Crippen LogP contribution is -2.34. The maximum absolute atomic E-state index is 14.2. The lowest BCUT2D eigenvalue weighted by Gasteiger charge is -2.32. The molecular weight excluding hydrogens is 370 g/mol. The van der Waals surface area contributed by atoms with E-state index in [0.717, 1.165) is 31.1 Å². The second kappa shape index (κ2) is 7.75. The molecule has 146 valence electrons. The highest BCUT2D eigenvalue weighted by molar-refractivity contribution is 5.66. The molecule has 1 aromatic heterocycles. The van der Waals surface area contributed by atoms with Crippen LogP contribution in [0.5, 0.6) is 0 Å². The zero-order valence-corrected chi connectivity index (χ0v) is 15.1. The van der Waals surface area contributed by atoms with Crippen molar-refractivity contribution in [3.8, 4) is 11.1 Å². The lowest BCUT2D eigenvalue weighted by molar-refractivity contribution is 0.194. The standard InChI is InChI=1S/C21H19F4N3/c22-14-6-7-15(20(25)9-14)16-10-26-27-21(16)13-3-2-8-28(11-13)12-17-18(23)4-1-5-19(17)24/h1,4-7,9-10,13H,2-3,8,11-12H2,(H,26,27)/t13-/m1/s1. The number of halogens is 4. The molecule has 0 saturated carbocycles. The van der Waals surface area contributed by atoms with Crippen LogP contribution in [0.1, 0.15) is 30.0 Å². The van der Waals surface area contributed by atoms with E-state index in [4.69, 9.17) is 0 Å². The smallest absolute Gasteiger partial charge is 0.134 e. The minimum Gasteiger partial charge on any atom is -0.298 e. The first kappa shape index (κ1) is 18.7. The van der Waals surface area contributed by atoms with Crippen molar-refractivity contribution >= 4 is 0 Å². The first-order valence-electron chi connectivity index (χ1n) is 9.17. The molecule has 28 heavy (non-hydrogen) atoms. The van der Waals surface area contributed by atoms with Crippen molar-refractivity contribution in [3.05, 3.63) is 77.1 Å². The number of aromatic nitrogens is 2. The molecule has 1 aliphatic rings. The molecule has 2 heterocycles. The van der Waals surface area contributed by atoms with Crippen LogP contribution in [0.15, 0.2) is 42.6 Å². The van der Waals surface area contributed by atoms with E-state index in [2.05, 4.69) is 10.2 Å². The van der Waals surface area contributed by atoms with Crippen molar-refractivity contribution in [2.45, 2.75) is 25.3 Å². The van der Waals surface area contributed by atoms with Crippen molar-refractivity contribution in [2.75, 3.05) is 13.1 Å². The minimum absolute atomic E-state index is 0.00513. The van der Waals surface area contributed by atoms with Crippen LogP contribution in [0.3, 0.4) is 0 Å². The summed E-state index contributed by atoms with van der Waals surface area (Å²) in [6, 6.07) is 7.31. The maximum atomic E-state index is 14.2. The summed E-state index contributed by atoms with van der Waals surface area (Å²) in [5.74, 6) is -2.40. The Labute approximate surface area is 160 Å². The largest absolute Gasteiger partial charge is 0.298 e. The Bertz CT molecular complexity index is 965. The molecule has 0 unspecified atom stereocenters. The number of rotatable bonds is 4. The van der Waals surface area contributed by atoms with Gasteiger partial charge < -0.3 is 0 Å². The lowest BCUT2D eigenvalue weighted by atomic mass is 9.90. The number of hydrogen-bond acceptors (Lipinski definition) is 2. The van der Waals surface area contributed by atoms with Gasteiger partial charge in [-0.15, -0.1) is 0 Å². The average molecular weight is 389 g/mol. The van der Waals surface area contributed by atoms with Gasteiger partial charge in [0.05, 0.1) is 6.20 Å². The van der Waals surface area contributed by atoms with Crippen molar-refractivity contribution in [2.24, 2.45) is 0 Å². The molecule has 4 rings (SSSR count). The summed E-state index contributed by atoms with van der Waals surface area (Å²) in [6.07, 6.45) is 3.21. The van der Waals surface area contributed by atoms with Crippen molar-refractivity contribution in [1.82, 2.24) is 15.1 Å². The van der Waals surface area contributed by atoms with Crippen LogP contribution in [-0.4, -0.2) is 28.2 Å². The fraction of sp³-hybridized carbons (Fsp3) is 0.286. The van der Waals surface area contributed by atoms with Crippen LogP contribution in [0, 0.1) is 23.3 Å². The van der Waals surface area contributed by atoms with Crippen molar-refractivity contribution in [3.63, 3.8) is 0 Å². The van der Waals surface area contributed by atoms with Gasteiger partial charge in [-0.1, -0.05) is 6.07 Å². The first-order chi connectivity index (χ1) is 13.5. The van der Waals surface area contributed by atoms with E-state index in [1.54, 1.807) is 0 Å². The molecule has 0 bridgehead atoms. The number of benzene rings is 2. The molecule has 7 heteroatoms. The first-order valence-corrected chi connectivity index (χ1v) is 9.17. The van der Waals surface area contributed by atoms with Crippen molar-refractivity contribution < 1.29 is 17.6 Å². The van der Waals surface area contributed by atoms with Crippen LogP contribution in [0.2, 0.25) is 0 Å². The second-order valence-electron chi connectivity index (χ2n) is 7.10. The highest BCUT2D eigenvalue weighted by Crippen LogP contribution is 2.34. The normalized spacial score (nSPS) is 17.8. The van der Waals surface area contributed by atoms with Gasteiger partial charge in [-0.25, -0.2) is 17.6 Å². The molecule has 0 spiro atoms. The SMILES string of the molecule is Fc1ccc(-c2cn[nH]c2[C@@H]2CCCN(Cc3c(F)cccc3F)C2)c(F)c1. The number of hydrogen-bond donors (Lipinski definition) is 1. The molecule has 0 amide bonds. The van der Waals surface area contributed by atoms with E-state index < -0.39 is 23.3 Å². The molecule has 2 aromatic carbocycles. The Hall–Kier alpha value is -2.67. The Morgan fingerprint density at radius 2 is 1.79 bits per heavy atom. The predicted molar refractivity (Wildman–Crippen MR) is 97.5 cm³/mol. The second-order valence-corrected chi connectivity index (χ2v) is 7.10. The Morgan fingerprint density at radius 1 is 1.00 bits per heavy atom. The summed E-state index contributed by atoms with van der Waals surface area (Å²) in [5, 5.41) is 6.99. The van der Waals surface area contributed by atoms with Gasteiger partial charge in [0.25, 0.3) is 0 Å². The Kier molecular flexibility index (Phi) is 5.17. The van der Waals surface area contributed by atoms with Crippen molar-refractivity contribution in [1.29, 1.82) is 0 Å². The minimum atomic E-state index is -0.649. The van der Waals surface area contributed by atoms with E-state index in [1.165, 1.54) is 36.5 Å². The van der Waals surface area contributed by atoms with Gasteiger partial charge in [-0.3, -0.25) is 10.00 Å². The van der Waals surface area contributed by atoms with Gasteiger partial charge in [0, 0.05) is 47.5 Å². The summed E-state index contributed by atoms with van der Waals surface area (Å²) in [4.78, 5) is 1.99. The molecular formula is C21H19F4N3. The van der Waals surface area contributed by atoms with Gasteiger partial charge in [0.15, 0.2) is 0 Å². The summed E-state index contributed by atoms with van der Waals surface area (Å²) >= 11 is 0. The third-order valence-electron chi connectivity index (χ3n) is 5.25. The van der Waals surface area contributed by atoms with Crippen LogP contribution < -0.4 is 0 Å². The monoisotopic (exact) mass is 389 g/mol. The maximum Gasteiger partial charge on any atom is 0.134 e. The van der Waals surface area contributed by atoms with E-state index in [1.807, 2.05) is 4.90 Å².